The van der Waals surface area contributed by atoms with Gasteiger partial charge in [-0.1, -0.05) is 64.3 Å². The Morgan fingerprint density at radius 2 is 1.61 bits per heavy atom. The van der Waals surface area contributed by atoms with Crippen LogP contribution >= 0.6 is 15.9 Å². The molecule has 0 spiro atoms. The van der Waals surface area contributed by atoms with Gasteiger partial charge < -0.3 is 15.1 Å². The number of unbranched alkanes of at least 4 members (excludes halogenated alkanes) is 2. The lowest BCUT2D eigenvalue weighted by Gasteiger charge is -2.25. The van der Waals surface area contributed by atoms with Crippen molar-refractivity contribution < 1.29 is 24.6 Å². The van der Waals surface area contributed by atoms with E-state index >= 15 is 0 Å². The number of Topliss-reactive ketones (excluding diaryl/α,β-unsaturated/α-hetero) is 1. The molecule has 3 rings (SSSR count). The third-order valence-corrected chi connectivity index (χ3v) is 5.87. The Balaban J connectivity index is 1.96. The number of hydrogen-bond acceptors (Lipinski definition) is 4. The van der Waals surface area contributed by atoms with Gasteiger partial charge >= 0.3 is 5.97 Å². The van der Waals surface area contributed by atoms with Crippen molar-refractivity contribution in [3.05, 3.63) is 75.3 Å². The molecule has 0 aromatic heterocycles. The maximum atomic E-state index is 12.9. The van der Waals surface area contributed by atoms with Crippen molar-refractivity contribution in [1.29, 1.82) is 0 Å². The minimum Gasteiger partial charge on any atom is -0.507 e. The van der Waals surface area contributed by atoms with E-state index in [1.54, 1.807) is 24.3 Å². The lowest BCUT2D eigenvalue weighted by Crippen LogP contribution is -2.30. The van der Waals surface area contributed by atoms with Gasteiger partial charge in [-0.05, 0) is 37.5 Å². The zero-order valence-electron chi connectivity index (χ0n) is 17.2. The van der Waals surface area contributed by atoms with E-state index in [1.165, 1.54) is 4.90 Å². The van der Waals surface area contributed by atoms with E-state index in [9.17, 15) is 19.5 Å². The van der Waals surface area contributed by atoms with Crippen LogP contribution in [0.15, 0.2) is 58.6 Å². The van der Waals surface area contributed by atoms with Crippen LogP contribution in [-0.2, 0) is 14.4 Å². The smallest absolute Gasteiger partial charge is 0.303 e. The zero-order valence-corrected chi connectivity index (χ0v) is 18.8. The summed E-state index contributed by atoms with van der Waals surface area (Å²) in [5, 5.41) is 19.8. The molecule has 2 N–H and O–H groups in total. The molecule has 2 aromatic carbocycles. The number of amides is 1. The van der Waals surface area contributed by atoms with Crippen LogP contribution in [-0.4, -0.2) is 39.3 Å². The van der Waals surface area contributed by atoms with Crippen molar-refractivity contribution >= 4 is 39.3 Å². The van der Waals surface area contributed by atoms with Crippen LogP contribution in [0.3, 0.4) is 0 Å². The molecule has 1 amide bonds. The fourth-order valence-electron chi connectivity index (χ4n) is 3.70. The SMILES string of the molecule is Cc1ccc(C2/C(=C(\O)c3ccc(Br)cc3)C(=O)C(=O)N2CCCCCC(=O)O)cc1. The van der Waals surface area contributed by atoms with Crippen LogP contribution in [0.4, 0.5) is 0 Å². The van der Waals surface area contributed by atoms with Crippen molar-refractivity contribution in [2.45, 2.75) is 38.6 Å². The minimum absolute atomic E-state index is 0.0710. The van der Waals surface area contributed by atoms with Gasteiger partial charge in [0.25, 0.3) is 11.7 Å². The lowest BCUT2D eigenvalue weighted by molar-refractivity contribution is -0.140. The van der Waals surface area contributed by atoms with E-state index in [0.717, 1.165) is 15.6 Å². The topological polar surface area (TPSA) is 94.9 Å². The summed E-state index contributed by atoms with van der Waals surface area (Å²) in [5.74, 6) is -2.42. The van der Waals surface area contributed by atoms with Gasteiger partial charge in [0.2, 0.25) is 0 Å². The van der Waals surface area contributed by atoms with Gasteiger partial charge in [0.15, 0.2) is 0 Å². The molecule has 2 aromatic rings. The molecule has 1 heterocycles. The van der Waals surface area contributed by atoms with Crippen molar-refractivity contribution in [3.8, 4) is 0 Å². The van der Waals surface area contributed by atoms with Crippen molar-refractivity contribution in [1.82, 2.24) is 4.90 Å². The second-order valence-electron chi connectivity index (χ2n) is 7.61. The fraction of sp³-hybridized carbons (Fsp3) is 0.292. The summed E-state index contributed by atoms with van der Waals surface area (Å²) in [5.41, 5.74) is 2.32. The molecular formula is C24H24BrNO5. The molecule has 7 heteroatoms. The molecule has 162 valence electrons. The average Bonchev–Trinajstić information content (AvgIpc) is 2.99. The third kappa shape index (κ3) is 5.22. The number of carboxylic acid groups (broad SMARTS) is 1. The second kappa shape index (κ2) is 9.92. The number of likely N-dealkylation sites (tertiary alicyclic amines) is 1. The van der Waals surface area contributed by atoms with Gasteiger partial charge in [0.1, 0.15) is 5.76 Å². The zero-order chi connectivity index (χ0) is 22.5. The van der Waals surface area contributed by atoms with Crippen molar-refractivity contribution in [2.75, 3.05) is 6.54 Å². The third-order valence-electron chi connectivity index (χ3n) is 5.34. The maximum absolute atomic E-state index is 12.9. The molecular weight excluding hydrogens is 462 g/mol. The van der Waals surface area contributed by atoms with Gasteiger partial charge in [0.05, 0.1) is 11.6 Å². The number of benzene rings is 2. The number of halogens is 1. The Hall–Kier alpha value is -2.93. The summed E-state index contributed by atoms with van der Waals surface area (Å²) < 4.78 is 0.834. The second-order valence-corrected chi connectivity index (χ2v) is 8.53. The van der Waals surface area contributed by atoms with E-state index < -0.39 is 23.7 Å². The first kappa shape index (κ1) is 22.7. The van der Waals surface area contributed by atoms with E-state index in [4.69, 9.17) is 5.11 Å². The Kier molecular flexibility index (Phi) is 7.28. The molecule has 6 nitrogen and oxygen atoms in total. The van der Waals surface area contributed by atoms with E-state index in [0.29, 0.717) is 31.4 Å². The molecule has 1 unspecified atom stereocenters. The summed E-state index contributed by atoms with van der Waals surface area (Å²) in [7, 11) is 0. The highest BCUT2D eigenvalue weighted by molar-refractivity contribution is 9.10. The average molecular weight is 486 g/mol. The number of hydrogen-bond donors (Lipinski definition) is 2. The molecule has 1 aliphatic heterocycles. The highest BCUT2D eigenvalue weighted by Crippen LogP contribution is 2.39. The largest absolute Gasteiger partial charge is 0.507 e. The van der Waals surface area contributed by atoms with E-state index in [2.05, 4.69) is 15.9 Å². The minimum atomic E-state index is -0.852. The molecule has 0 saturated carbocycles. The van der Waals surface area contributed by atoms with Crippen LogP contribution in [0, 0.1) is 6.92 Å². The normalized spacial score (nSPS) is 17.9. The number of carbonyl (C=O) groups excluding carboxylic acids is 2. The lowest BCUT2D eigenvalue weighted by atomic mass is 9.94. The number of nitrogens with zero attached hydrogens (tertiary/aromatic N) is 1. The summed E-state index contributed by atoms with van der Waals surface area (Å²) in [4.78, 5) is 38.0. The monoisotopic (exact) mass is 485 g/mol. The summed E-state index contributed by atoms with van der Waals surface area (Å²) in [6.07, 6.45) is 1.78. The highest BCUT2D eigenvalue weighted by Gasteiger charge is 2.45. The number of carboxylic acids is 1. The molecule has 1 saturated heterocycles. The summed E-state index contributed by atoms with van der Waals surface area (Å²) in [6.45, 7) is 2.25. The molecule has 0 radical (unpaired) electrons. The number of aliphatic carboxylic acids is 1. The number of carbonyl (C=O) groups is 3. The number of aliphatic hydroxyl groups excluding tert-OH is 1. The molecule has 1 fully saturated rings. The first-order chi connectivity index (χ1) is 14.8. The summed E-state index contributed by atoms with van der Waals surface area (Å²) >= 11 is 3.35. The fourth-order valence-corrected chi connectivity index (χ4v) is 3.97. The van der Waals surface area contributed by atoms with E-state index in [-0.39, 0.29) is 17.8 Å². The van der Waals surface area contributed by atoms with Gasteiger partial charge in [-0.15, -0.1) is 0 Å². The molecule has 0 bridgehead atoms. The predicted molar refractivity (Wildman–Crippen MR) is 120 cm³/mol. The van der Waals surface area contributed by atoms with Gasteiger partial charge in [-0.2, -0.15) is 0 Å². The van der Waals surface area contributed by atoms with Crippen LogP contribution in [0.1, 0.15) is 48.4 Å². The van der Waals surface area contributed by atoms with Crippen LogP contribution in [0.25, 0.3) is 5.76 Å². The maximum Gasteiger partial charge on any atom is 0.303 e. The van der Waals surface area contributed by atoms with Crippen LogP contribution in [0.5, 0.6) is 0 Å². The van der Waals surface area contributed by atoms with Crippen molar-refractivity contribution in [2.24, 2.45) is 0 Å². The number of ketones is 1. The Morgan fingerprint density at radius 1 is 0.968 bits per heavy atom. The Morgan fingerprint density at radius 3 is 2.23 bits per heavy atom. The first-order valence-electron chi connectivity index (χ1n) is 10.1. The van der Waals surface area contributed by atoms with Gasteiger partial charge in [-0.3, -0.25) is 14.4 Å². The predicted octanol–water partition coefficient (Wildman–Crippen LogP) is 4.82. The Labute approximate surface area is 189 Å². The summed E-state index contributed by atoms with van der Waals surface area (Å²) in [6, 6.07) is 13.7. The number of aliphatic hydroxyl groups is 1. The van der Waals surface area contributed by atoms with Gasteiger partial charge in [-0.25, -0.2) is 0 Å². The quantitative estimate of drug-likeness (QED) is 0.241. The van der Waals surface area contributed by atoms with Gasteiger partial charge in [0, 0.05) is 23.0 Å². The first-order valence-corrected chi connectivity index (χ1v) is 10.9. The standard InChI is InChI=1S/C24H24BrNO5/c1-15-6-8-16(9-7-15)21-20(22(29)17-10-12-18(25)13-11-17)23(30)24(31)26(21)14-4-2-3-5-19(27)28/h6-13,21,29H,2-5,14H2,1H3,(H,27,28)/b22-20+. The molecule has 1 aliphatic rings. The molecule has 0 aliphatic carbocycles. The molecule has 31 heavy (non-hydrogen) atoms. The number of rotatable bonds is 8. The Bertz CT molecular complexity index is 1010. The number of aryl methyl sites for hydroxylation is 1. The molecule has 1 atom stereocenters. The van der Waals surface area contributed by atoms with Crippen LogP contribution in [0.2, 0.25) is 0 Å². The highest BCUT2D eigenvalue weighted by atomic mass is 79.9. The van der Waals surface area contributed by atoms with E-state index in [1.807, 2.05) is 31.2 Å². The van der Waals surface area contributed by atoms with Crippen molar-refractivity contribution in [3.63, 3.8) is 0 Å². The van der Waals surface area contributed by atoms with Crippen LogP contribution < -0.4 is 0 Å².